The lowest BCUT2D eigenvalue weighted by molar-refractivity contribution is 0.247. The molecule has 2 fully saturated rings. The number of nitrogens with zero attached hydrogens (tertiary/aromatic N) is 1. The van der Waals surface area contributed by atoms with Crippen LogP contribution in [0.3, 0.4) is 0 Å². The SMILES string of the molecule is Cl.O=S(=O)(c1c(Cl)cc(Cl)cc1Cl)N1CCC2NCCC2C1. The molecule has 2 atom stereocenters. The number of hydrogen-bond donors (Lipinski definition) is 1. The third kappa shape index (κ3) is 3.36. The number of nitrogens with one attached hydrogen (secondary N) is 1. The van der Waals surface area contributed by atoms with Crippen LogP contribution in [-0.2, 0) is 10.0 Å². The first kappa shape index (κ1) is 18.6. The molecule has 2 aliphatic rings. The van der Waals surface area contributed by atoms with Crippen molar-refractivity contribution in [3.63, 3.8) is 0 Å². The first-order chi connectivity index (χ1) is 9.89. The Morgan fingerprint density at radius 3 is 2.41 bits per heavy atom. The highest BCUT2D eigenvalue weighted by Crippen LogP contribution is 2.36. The molecule has 0 aromatic heterocycles. The van der Waals surface area contributed by atoms with E-state index >= 15 is 0 Å². The van der Waals surface area contributed by atoms with Crippen LogP contribution in [0.4, 0.5) is 0 Å². The summed E-state index contributed by atoms with van der Waals surface area (Å²) in [4.78, 5) is -0.0420. The van der Waals surface area contributed by atoms with Crippen LogP contribution in [0.1, 0.15) is 12.8 Å². The number of fused-ring (bicyclic) bond motifs is 1. The summed E-state index contributed by atoms with van der Waals surface area (Å²) in [6.07, 6.45) is 1.81. The molecule has 0 aliphatic carbocycles. The van der Waals surface area contributed by atoms with E-state index in [1.807, 2.05) is 0 Å². The van der Waals surface area contributed by atoms with E-state index in [-0.39, 0.29) is 27.3 Å². The number of hydrogen-bond acceptors (Lipinski definition) is 3. The van der Waals surface area contributed by atoms with Gasteiger partial charge in [0.25, 0.3) is 0 Å². The highest BCUT2D eigenvalue weighted by molar-refractivity contribution is 7.89. The molecule has 2 aliphatic heterocycles. The molecule has 9 heteroatoms. The Labute approximate surface area is 151 Å². The molecular weight excluding hydrogens is 390 g/mol. The van der Waals surface area contributed by atoms with Gasteiger partial charge in [0.1, 0.15) is 4.90 Å². The van der Waals surface area contributed by atoms with E-state index in [0.717, 1.165) is 19.4 Å². The maximum absolute atomic E-state index is 12.8. The van der Waals surface area contributed by atoms with E-state index < -0.39 is 10.0 Å². The van der Waals surface area contributed by atoms with E-state index in [2.05, 4.69) is 5.32 Å². The Morgan fingerprint density at radius 2 is 1.77 bits per heavy atom. The van der Waals surface area contributed by atoms with Gasteiger partial charge in [-0.15, -0.1) is 12.4 Å². The van der Waals surface area contributed by atoms with E-state index in [4.69, 9.17) is 34.8 Å². The molecular formula is C13H16Cl4N2O2S. The number of benzene rings is 1. The van der Waals surface area contributed by atoms with Crippen LogP contribution in [0, 0.1) is 5.92 Å². The molecule has 1 aromatic carbocycles. The molecule has 2 saturated heterocycles. The zero-order valence-corrected chi connectivity index (χ0v) is 15.5. The second-order valence-electron chi connectivity index (χ2n) is 5.46. The predicted octanol–water partition coefficient (Wildman–Crippen LogP) is 3.44. The highest BCUT2D eigenvalue weighted by atomic mass is 35.5. The topological polar surface area (TPSA) is 49.4 Å². The minimum Gasteiger partial charge on any atom is -0.314 e. The Bertz CT molecular complexity index is 645. The average Bonchev–Trinajstić information content (AvgIpc) is 2.83. The lowest BCUT2D eigenvalue weighted by atomic mass is 9.95. The quantitative estimate of drug-likeness (QED) is 0.819. The van der Waals surface area contributed by atoms with Gasteiger partial charge in [-0.3, -0.25) is 0 Å². The third-order valence-corrected chi connectivity index (χ3v) is 7.18. The predicted molar refractivity (Wildman–Crippen MR) is 92.0 cm³/mol. The van der Waals surface area contributed by atoms with Gasteiger partial charge in [-0.25, -0.2) is 8.42 Å². The van der Waals surface area contributed by atoms with Gasteiger partial charge in [0.15, 0.2) is 0 Å². The van der Waals surface area contributed by atoms with Crippen molar-refractivity contribution in [2.75, 3.05) is 19.6 Å². The molecule has 2 heterocycles. The van der Waals surface area contributed by atoms with E-state index in [9.17, 15) is 8.42 Å². The second kappa shape index (κ2) is 7.01. The largest absolute Gasteiger partial charge is 0.314 e. The monoisotopic (exact) mass is 404 g/mol. The molecule has 22 heavy (non-hydrogen) atoms. The van der Waals surface area contributed by atoms with E-state index in [1.54, 1.807) is 0 Å². The standard InChI is InChI=1S/C13H15Cl3N2O2S.ClH/c14-9-5-10(15)13(11(16)6-9)21(19,20)18-4-2-12-8(7-18)1-3-17-12;/h5-6,8,12,17H,1-4,7H2;1H. The summed E-state index contributed by atoms with van der Waals surface area (Å²) >= 11 is 18.0. The van der Waals surface area contributed by atoms with Gasteiger partial charge in [0.05, 0.1) is 10.0 Å². The van der Waals surface area contributed by atoms with Gasteiger partial charge in [-0.05, 0) is 37.4 Å². The maximum atomic E-state index is 12.8. The zero-order chi connectivity index (χ0) is 15.2. The number of sulfonamides is 1. The van der Waals surface area contributed by atoms with Gasteiger partial charge in [-0.1, -0.05) is 34.8 Å². The average molecular weight is 406 g/mol. The molecule has 4 nitrogen and oxygen atoms in total. The highest BCUT2D eigenvalue weighted by Gasteiger charge is 2.39. The van der Waals surface area contributed by atoms with E-state index in [0.29, 0.717) is 30.1 Å². The van der Waals surface area contributed by atoms with Gasteiger partial charge >= 0.3 is 0 Å². The molecule has 3 rings (SSSR count). The molecule has 0 spiro atoms. The molecule has 1 aromatic rings. The van der Waals surface area contributed by atoms with Crippen molar-refractivity contribution in [2.45, 2.75) is 23.8 Å². The second-order valence-corrected chi connectivity index (χ2v) is 8.59. The van der Waals surface area contributed by atoms with Crippen molar-refractivity contribution in [2.24, 2.45) is 5.92 Å². The van der Waals surface area contributed by atoms with Crippen LogP contribution in [0.2, 0.25) is 15.1 Å². The molecule has 1 N–H and O–H groups in total. The normalized spacial score (nSPS) is 25.6. The first-order valence-electron chi connectivity index (χ1n) is 6.77. The number of piperidine rings is 1. The fourth-order valence-corrected chi connectivity index (χ4v) is 6.14. The van der Waals surface area contributed by atoms with Gasteiger partial charge in [0.2, 0.25) is 10.0 Å². The molecule has 0 saturated carbocycles. The van der Waals surface area contributed by atoms with Crippen molar-refractivity contribution in [1.82, 2.24) is 9.62 Å². The van der Waals surface area contributed by atoms with Crippen molar-refractivity contribution in [1.29, 1.82) is 0 Å². The fourth-order valence-electron chi connectivity index (χ4n) is 3.14. The Hall–Kier alpha value is 0.250. The van der Waals surface area contributed by atoms with Crippen LogP contribution < -0.4 is 5.32 Å². The minimum atomic E-state index is -3.70. The summed E-state index contributed by atoms with van der Waals surface area (Å²) in [6.45, 7) is 1.94. The maximum Gasteiger partial charge on any atom is 0.246 e. The number of halogens is 4. The minimum absolute atomic E-state index is 0. The van der Waals surface area contributed by atoms with Gasteiger partial charge in [-0.2, -0.15) is 4.31 Å². The van der Waals surface area contributed by atoms with Crippen molar-refractivity contribution in [3.8, 4) is 0 Å². The third-order valence-electron chi connectivity index (χ3n) is 4.18. The van der Waals surface area contributed by atoms with Crippen LogP contribution in [0.15, 0.2) is 17.0 Å². The molecule has 0 amide bonds. The lowest BCUT2D eigenvalue weighted by Gasteiger charge is -2.34. The summed E-state index contributed by atoms with van der Waals surface area (Å²) in [5.74, 6) is 0.360. The van der Waals surface area contributed by atoms with Crippen molar-refractivity contribution >= 4 is 57.2 Å². The summed E-state index contributed by atoms with van der Waals surface area (Å²) in [7, 11) is -3.70. The van der Waals surface area contributed by atoms with Crippen LogP contribution in [0.25, 0.3) is 0 Å². The fraction of sp³-hybridized carbons (Fsp3) is 0.538. The van der Waals surface area contributed by atoms with Crippen molar-refractivity contribution in [3.05, 3.63) is 27.2 Å². The Kier molecular flexibility index (Phi) is 5.92. The summed E-state index contributed by atoms with van der Waals surface area (Å²) in [5, 5.41) is 3.87. The van der Waals surface area contributed by atoms with Crippen LogP contribution in [-0.4, -0.2) is 38.4 Å². The van der Waals surface area contributed by atoms with Gasteiger partial charge < -0.3 is 5.32 Å². The Morgan fingerprint density at radius 1 is 1.14 bits per heavy atom. The summed E-state index contributed by atoms with van der Waals surface area (Å²) < 4.78 is 27.1. The zero-order valence-electron chi connectivity index (χ0n) is 11.6. The van der Waals surface area contributed by atoms with Crippen molar-refractivity contribution < 1.29 is 8.42 Å². The van der Waals surface area contributed by atoms with Crippen LogP contribution in [0.5, 0.6) is 0 Å². The molecule has 0 bridgehead atoms. The molecule has 0 radical (unpaired) electrons. The Balaban J connectivity index is 0.00000176. The first-order valence-corrected chi connectivity index (χ1v) is 9.35. The number of rotatable bonds is 2. The lowest BCUT2D eigenvalue weighted by Crippen LogP contribution is -2.46. The van der Waals surface area contributed by atoms with Crippen LogP contribution >= 0.6 is 47.2 Å². The summed E-state index contributed by atoms with van der Waals surface area (Å²) in [5.41, 5.74) is 0. The van der Waals surface area contributed by atoms with Gasteiger partial charge in [0, 0.05) is 24.2 Å². The molecule has 2 unspecified atom stereocenters. The van der Waals surface area contributed by atoms with E-state index in [1.165, 1.54) is 16.4 Å². The summed E-state index contributed by atoms with van der Waals surface area (Å²) in [6, 6.07) is 3.24. The smallest absolute Gasteiger partial charge is 0.246 e. The molecule has 124 valence electrons.